The first-order valence-corrected chi connectivity index (χ1v) is 18.1. The number of hydrogen-bond acceptors (Lipinski definition) is 18. The molecule has 2 fully saturated rings. The Labute approximate surface area is 321 Å². The fraction of sp³-hybridized carbons (Fsp3) is 0.432. The first-order valence-electron chi connectivity index (χ1n) is 18.1. The van der Waals surface area contributed by atoms with Crippen molar-refractivity contribution in [2.24, 2.45) is 17.4 Å². The van der Waals surface area contributed by atoms with E-state index in [4.69, 9.17) is 31.2 Å². The third-order valence-corrected chi connectivity index (χ3v) is 10.6. The largest absolute Gasteiger partial charge is 0.507 e. The standard InChI is InChI=1S/C22H28N4O6.C15H18N4O5/c27-11-9-23-5-7-25-13-1-2-14(26-8-6-24-10-12-28)18-17(13)21(31)19-15(29)3-4-16(30)20(19)22(18)32;1-5-9(16)12(21)8-6(4-24-14(17)22)15(23-2)13-7(18-13)3-19(15)10(8)11(5)20/h1-4,23-30H,5-12H2;6-7,13,18H,3-4,16H2,1-2H3,(H2,17,22)/t;6-,7+,13+,15-/m.1/s1. The predicted molar refractivity (Wildman–Crippen MR) is 200 cm³/mol. The molecule has 2 saturated heterocycles. The monoisotopic (exact) mass is 778 g/mol. The van der Waals surface area contributed by atoms with Crippen molar-refractivity contribution in [3.63, 3.8) is 0 Å². The third kappa shape index (κ3) is 6.82. The SMILES string of the molecule is CO[C@@]12[C@H](COC(N)=O)C3=C(C(=O)C(C)=C(N)C3=O)N1C[C@@H]1N[C@@H]12.O=C1c2c(O)ccc(O)c2C(=O)c2c(NCCNCCO)ccc(NCCNCCO)c21. The van der Waals surface area contributed by atoms with Crippen LogP contribution in [0.15, 0.2) is 46.8 Å². The first kappa shape index (κ1) is 40.1. The fourth-order valence-electron chi connectivity index (χ4n) is 7.95. The smallest absolute Gasteiger partial charge is 0.404 e. The summed E-state index contributed by atoms with van der Waals surface area (Å²) in [6.07, 6.45) is -0.950. The molecule has 300 valence electrons. The van der Waals surface area contributed by atoms with Crippen molar-refractivity contribution >= 4 is 40.6 Å². The number of fused-ring (bicyclic) bond motifs is 6. The van der Waals surface area contributed by atoms with Crippen LogP contribution in [0.2, 0.25) is 0 Å². The van der Waals surface area contributed by atoms with Gasteiger partial charge in [-0.3, -0.25) is 19.2 Å². The van der Waals surface area contributed by atoms with E-state index in [-0.39, 0.29) is 88.3 Å². The maximum Gasteiger partial charge on any atom is 0.404 e. The summed E-state index contributed by atoms with van der Waals surface area (Å²) in [6, 6.07) is 5.85. The van der Waals surface area contributed by atoms with Gasteiger partial charge in [0.15, 0.2) is 5.72 Å². The van der Waals surface area contributed by atoms with Crippen LogP contribution in [-0.4, -0.2) is 145 Å². The number of ether oxygens (including phenoxy) is 2. The lowest BCUT2D eigenvalue weighted by Crippen LogP contribution is -2.55. The molecule has 0 aromatic heterocycles. The van der Waals surface area contributed by atoms with Gasteiger partial charge in [-0.1, -0.05) is 0 Å². The number of aromatic hydroxyl groups is 2. The van der Waals surface area contributed by atoms with Crippen molar-refractivity contribution in [3.05, 3.63) is 69.1 Å². The van der Waals surface area contributed by atoms with Crippen LogP contribution < -0.4 is 38.1 Å². The Morgan fingerprint density at radius 2 is 1.38 bits per heavy atom. The van der Waals surface area contributed by atoms with E-state index >= 15 is 0 Å². The number of nitrogens with two attached hydrogens (primary N) is 2. The molecule has 7 rings (SSSR count). The molecule has 1 amide bonds. The van der Waals surface area contributed by atoms with E-state index in [1.807, 2.05) is 4.90 Å². The van der Waals surface area contributed by atoms with Crippen molar-refractivity contribution in [1.82, 2.24) is 20.9 Å². The van der Waals surface area contributed by atoms with Gasteiger partial charge in [0.1, 0.15) is 18.1 Å². The number of piperazine rings is 1. The summed E-state index contributed by atoms with van der Waals surface area (Å²) < 4.78 is 10.8. The molecule has 13 N–H and O–H groups in total. The number of phenolic OH excluding ortho intramolecular Hbond substituents is 2. The summed E-state index contributed by atoms with van der Waals surface area (Å²) in [5, 5.41) is 53.8. The zero-order valence-corrected chi connectivity index (χ0v) is 30.9. The van der Waals surface area contributed by atoms with Gasteiger partial charge in [-0.15, -0.1) is 0 Å². The third-order valence-electron chi connectivity index (χ3n) is 10.6. The zero-order chi connectivity index (χ0) is 40.5. The number of allylic oxidation sites excluding steroid dienone is 2. The summed E-state index contributed by atoms with van der Waals surface area (Å²) >= 11 is 0. The van der Waals surface area contributed by atoms with Crippen molar-refractivity contribution in [2.45, 2.75) is 24.7 Å². The number of phenols is 2. The maximum absolute atomic E-state index is 13.4. The highest BCUT2D eigenvalue weighted by atomic mass is 16.6. The molecule has 5 aliphatic rings. The van der Waals surface area contributed by atoms with E-state index in [0.29, 0.717) is 62.9 Å². The van der Waals surface area contributed by atoms with Crippen molar-refractivity contribution < 1.29 is 53.9 Å². The van der Waals surface area contributed by atoms with Crippen LogP contribution in [0.1, 0.15) is 38.8 Å². The number of benzene rings is 2. The summed E-state index contributed by atoms with van der Waals surface area (Å²) in [5.41, 5.74) is 11.3. The molecule has 0 spiro atoms. The number of primary amides is 1. The number of carbonyl (C=O) groups is 5. The van der Waals surface area contributed by atoms with Crippen LogP contribution in [0, 0.1) is 5.92 Å². The number of amides is 1. The van der Waals surface area contributed by atoms with Gasteiger partial charge in [0.05, 0.1) is 58.8 Å². The highest BCUT2D eigenvalue weighted by Gasteiger charge is 2.72. The van der Waals surface area contributed by atoms with Crippen molar-refractivity contribution in [2.75, 3.05) is 83.4 Å². The molecule has 3 heterocycles. The Morgan fingerprint density at radius 3 is 1.86 bits per heavy atom. The second kappa shape index (κ2) is 16.3. The van der Waals surface area contributed by atoms with E-state index in [1.54, 1.807) is 12.1 Å². The summed E-state index contributed by atoms with van der Waals surface area (Å²) in [4.78, 5) is 65.2. The Hall–Kier alpha value is -5.57. The highest BCUT2D eigenvalue weighted by Crippen LogP contribution is 2.55. The number of aliphatic hydroxyl groups is 2. The van der Waals surface area contributed by atoms with E-state index in [9.17, 15) is 34.2 Å². The summed E-state index contributed by atoms with van der Waals surface area (Å²) in [5.74, 6) is -3.20. The van der Waals surface area contributed by atoms with Crippen LogP contribution in [0.3, 0.4) is 0 Å². The first-order chi connectivity index (χ1) is 26.8. The number of carbonyl (C=O) groups excluding carboxylic acids is 5. The average molecular weight is 779 g/mol. The quantitative estimate of drug-likeness (QED) is 0.0351. The number of rotatable bonds is 15. The lowest BCUT2D eigenvalue weighted by Gasteiger charge is -2.39. The molecular formula is C37H46N8O11. The van der Waals surface area contributed by atoms with E-state index in [1.165, 1.54) is 26.2 Å². The molecular weight excluding hydrogens is 732 g/mol. The number of hydrogen-bond donors (Lipinski definition) is 11. The second-order valence-electron chi connectivity index (χ2n) is 13.7. The van der Waals surface area contributed by atoms with Gasteiger partial charge in [0.25, 0.3) is 0 Å². The topological polar surface area (TPSA) is 310 Å². The van der Waals surface area contributed by atoms with E-state index in [2.05, 4.69) is 26.6 Å². The Morgan fingerprint density at radius 1 is 0.839 bits per heavy atom. The average Bonchev–Trinajstić information content (AvgIpc) is 3.80. The fourth-order valence-corrected chi connectivity index (χ4v) is 7.95. The normalized spacial score (nSPS) is 22.9. The van der Waals surface area contributed by atoms with Gasteiger partial charge < -0.3 is 72.9 Å². The second-order valence-corrected chi connectivity index (χ2v) is 13.7. The number of methoxy groups -OCH3 is 1. The molecule has 19 heteroatoms. The molecule has 2 aliphatic carbocycles. The highest BCUT2D eigenvalue weighted by molar-refractivity contribution is 6.33. The van der Waals surface area contributed by atoms with Crippen LogP contribution in [0.25, 0.3) is 0 Å². The van der Waals surface area contributed by atoms with E-state index in [0.717, 1.165) is 0 Å². The van der Waals surface area contributed by atoms with Gasteiger partial charge >= 0.3 is 6.09 Å². The number of Topliss-reactive ketones (excluding diaryl/α,β-unsaturated/α-hetero) is 2. The van der Waals surface area contributed by atoms with Crippen LogP contribution in [0.4, 0.5) is 16.2 Å². The molecule has 2 aromatic carbocycles. The summed E-state index contributed by atoms with van der Waals surface area (Å²) in [6.45, 7) is 4.73. The van der Waals surface area contributed by atoms with Crippen LogP contribution >= 0.6 is 0 Å². The minimum absolute atomic E-state index is 0.00939. The lowest BCUT2D eigenvalue weighted by atomic mass is 9.81. The lowest BCUT2D eigenvalue weighted by molar-refractivity contribution is -0.137. The predicted octanol–water partition coefficient (Wildman–Crippen LogP) is -1.79. The Kier molecular flexibility index (Phi) is 11.6. The number of aliphatic hydroxyl groups excluding tert-OH is 2. The number of anilines is 2. The van der Waals surface area contributed by atoms with Gasteiger partial charge in [-0.05, 0) is 31.2 Å². The molecule has 3 aliphatic heterocycles. The van der Waals surface area contributed by atoms with Crippen LogP contribution in [-0.2, 0) is 19.1 Å². The minimum atomic E-state index is -0.957. The van der Waals surface area contributed by atoms with E-state index < -0.39 is 35.1 Å². The van der Waals surface area contributed by atoms with Gasteiger partial charge in [0.2, 0.25) is 23.1 Å². The summed E-state index contributed by atoms with van der Waals surface area (Å²) in [7, 11) is 1.52. The zero-order valence-electron chi connectivity index (χ0n) is 30.9. The van der Waals surface area contributed by atoms with Crippen molar-refractivity contribution in [1.29, 1.82) is 0 Å². The number of nitrogens with one attached hydrogen (secondary N) is 5. The van der Waals surface area contributed by atoms with Gasteiger partial charge in [-0.2, -0.15) is 0 Å². The number of nitrogens with zero attached hydrogens (tertiary/aromatic N) is 1. The van der Waals surface area contributed by atoms with Crippen molar-refractivity contribution in [3.8, 4) is 11.5 Å². The number of ketones is 4. The molecule has 0 unspecified atom stereocenters. The molecule has 0 saturated carbocycles. The molecule has 2 aromatic rings. The molecule has 4 atom stereocenters. The molecule has 56 heavy (non-hydrogen) atoms. The molecule has 19 nitrogen and oxygen atoms in total. The molecule has 0 bridgehead atoms. The van der Waals surface area contributed by atoms with Crippen LogP contribution in [0.5, 0.6) is 11.5 Å². The maximum atomic E-state index is 13.4. The van der Waals surface area contributed by atoms with Gasteiger partial charge in [0, 0.05) is 81.5 Å². The Balaban J connectivity index is 0.000000197. The minimum Gasteiger partial charge on any atom is -0.507 e. The van der Waals surface area contributed by atoms with Gasteiger partial charge in [-0.25, -0.2) is 4.79 Å². The Bertz CT molecular complexity index is 1960. The molecule has 0 radical (unpaired) electrons.